The van der Waals surface area contributed by atoms with Gasteiger partial charge in [0, 0.05) is 65.5 Å². The Morgan fingerprint density at radius 1 is 0.355 bits per heavy atom. The molecule has 0 spiro atoms. The Balaban J connectivity index is 1.10. The monoisotopic (exact) mass is 1230 g/mol. The van der Waals surface area contributed by atoms with Gasteiger partial charge >= 0.3 is 0 Å². The van der Waals surface area contributed by atoms with Crippen molar-refractivity contribution in [3.63, 3.8) is 0 Å². The standard InChI is InChI=1S/C88H92BN3S/c1-82(2,3)58-29-34-61(35-30-58)90(62-36-31-59(32-37-62)83(4,5)6)64-51-77-81-78(52-64)92(74-41-33-60(84(7,8)9)49-66(74)55-23-19-18-20-24-55)75-40-27-57(56-28-42-80-67(47-56)65-25-21-22-26-79(65)93-80)48-72(75)89(81)73-53-70-71(88(16,17)46-45-87(70,14)15)54-76(73)91(77)63-38-39-68-69(50-63)86(12,13)44-43-85(68,10)11/h18-42,47-54H,43-46H2,1-17H3. The van der Waals surface area contributed by atoms with Crippen molar-refractivity contribution in [2.45, 2.75) is 181 Å². The van der Waals surface area contributed by atoms with Crippen LogP contribution in [0.3, 0.4) is 0 Å². The zero-order valence-corrected chi connectivity index (χ0v) is 59.0. The Bertz CT molecular complexity index is 4750. The summed E-state index contributed by atoms with van der Waals surface area (Å²) in [4.78, 5) is 7.99. The van der Waals surface area contributed by atoms with Crippen molar-refractivity contribution in [2.75, 3.05) is 14.7 Å². The molecule has 0 saturated heterocycles. The van der Waals surface area contributed by atoms with Gasteiger partial charge in [-0.15, -0.1) is 11.3 Å². The lowest BCUT2D eigenvalue weighted by molar-refractivity contribution is 0.332. The van der Waals surface area contributed by atoms with Gasteiger partial charge in [0.05, 0.1) is 11.4 Å². The summed E-state index contributed by atoms with van der Waals surface area (Å²) in [6.07, 6.45) is 4.55. The molecule has 5 heteroatoms. The molecule has 0 radical (unpaired) electrons. The molecule has 468 valence electrons. The average Bonchev–Trinajstić information content (AvgIpc) is 0.920. The van der Waals surface area contributed by atoms with Gasteiger partial charge in [0.15, 0.2) is 0 Å². The fourth-order valence-electron chi connectivity index (χ4n) is 16.2. The van der Waals surface area contributed by atoms with Crippen molar-refractivity contribution in [3.05, 3.63) is 239 Å². The first kappa shape index (κ1) is 61.1. The zero-order valence-electron chi connectivity index (χ0n) is 58.2. The Morgan fingerprint density at radius 2 is 0.849 bits per heavy atom. The Labute approximate surface area is 559 Å². The second-order valence-corrected chi connectivity index (χ2v) is 34.7. The maximum absolute atomic E-state index is 2.75. The van der Waals surface area contributed by atoms with Crippen LogP contribution in [0.15, 0.2) is 200 Å². The lowest BCUT2D eigenvalue weighted by Crippen LogP contribution is -2.62. The van der Waals surface area contributed by atoms with E-state index in [-0.39, 0.29) is 44.6 Å². The molecule has 0 amide bonds. The summed E-state index contributed by atoms with van der Waals surface area (Å²) in [5.41, 5.74) is 29.1. The van der Waals surface area contributed by atoms with E-state index in [1.807, 2.05) is 11.3 Å². The molecule has 15 rings (SSSR count). The first-order valence-electron chi connectivity index (χ1n) is 34.3. The summed E-state index contributed by atoms with van der Waals surface area (Å²) < 4.78 is 2.65. The molecule has 1 aromatic heterocycles. The number of anilines is 9. The highest BCUT2D eigenvalue weighted by Gasteiger charge is 2.48. The molecule has 3 nitrogen and oxygen atoms in total. The van der Waals surface area contributed by atoms with Crippen LogP contribution in [0, 0.1) is 0 Å². The summed E-state index contributed by atoms with van der Waals surface area (Å²) in [5.74, 6) is 0. The van der Waals surface area contributed by atoms with Gasteiger partial charge in [-0.05, 0) is 227 Å². The highest BCUT2D eigenvalue weighted by Crippen LogP contribution is 2.55. The number of hydrogen-bond acceptors (Lipinski definition) is 4. The van der Waals surface area contributed by atoms with E-state index in [1.165, 1.54) is 126 Å². The lowest BCUT2D eigenvalue weighted by Gasteiger charge is -2.48. The fraction of sp³-hybridized carbons (Fsp3) is 0.318. The number of benzene rings is 10. The number of hydrogen-bond donors (Lipinski definition) is 0. The summed E-state index contributed by atoms with van der Waals surface area (Å²) in [6.45, 7) is 40.8. The van der Waals surface area contributed by atoms with E-state index in [2.05, 4.69) is 333 Å². The second-order valence-electron chi connectivity index (χ2n) is 33.6. The fourth-order valence-corrected chi connectivity index (χ4v) is 17.3. The van der Waals surface area contributed by atoms with Crippen LogP contribution in [-0.4, -0.2) is 6.71 Å². The number of fused-ring (bicyclic) bond motifs is 9. The Hall–Kier alpha value is -8.12. The van der Waals surface area contributed by atoms with E-state index in [9.17, 15) is 0 Å². The van der Waals surface area contributed by atoms with E-state index >= 15 is 0 Å². The molecule has 4 aliphatic rings. The molecular formula is C88H92BN3S. The molecule has 0 saturated carbocycles. The SMILES string of the molecule is CC(C)(C)c1ccc(N(c2ccc(C(C)(C)C)cc2)c2cc3c4c(c2)N(c2ccc(C(C)(C)C)cc2-c2ccccc2)c2ccc(-c5ccc6sc7ccccc7c6c5)cc2B4c2cc4c(cc2N3c2ccc3c(c2)C(C)(C)CCC3(C)C)C(C)(C)CCC4(C)C)cc1. The molecule has 3 heterocycles. The molecule has 0 unspecified atom stereocenters. The Kier molecular flexibility index (Phi) is 13.9. The topological polar surface area (TPSA) is 9.72 Å². The minimum atomic E-state index is -0.133. The molecule has 0 bridgehead atoms. The van der Waals surface area contributed by atoms with E-state index in [0.717, 1.165) is 48.4 Å². The smallest absolute Gasteiger partial charge is 0.252 e. The number of thiophene rings is 1. The molecule has 10 aromatic carbocycles. The van der Waals surface area contributed by atoms with E-state index in [4.69, 9.17) is 0 Å². The van der Waals surface area contributed by atoms with Crippen LogP contribution >= 0.6 is 11.3 Å². The predicted octanol–water partition coefficient (Wildman–Crippen LogP) is 23.5. The maximum atomic E-state index is 2.75. The minimum Gasteiger partial charge on any atom is -0.311 e. The van der Waals surface area contributed by atoms with Crippen LogP contribution in [0.5, 0.6) is 0 Å². The summed E-state index contributed by atoms with van der Waals surface area (Å²) in [7, 11) is 0. The minimum absolute atomic E-state index is 0.0160. The van der Waals surface area contributed by atoms with Crippen molar-refractivity contribution in [2.24, 2.45) is 0 Å². The van der Waals surface area contributed by atoms with Crippen LogP contribution in [0.4, 0.5) is 51.2 Å². The van der Waals surface area contributed by atoms with Gasteiger partial charge in [-0.3, -0.25) is 0 Å². The van der Waals surface area contributed by atoms with E-state index in [0.29, 0.717) is 0 Å². The first-order valence-corrected chi connectivity index (χ1v) is 35.2. The second kappa shape index (κ2) is 21.2. The molecule has 2 aliphatic carbocycles. The highest BCUT2D eigenvalue weighted by molar-refractivity contribution is 7.25. The van der Waals surface area contributed by atoms with Gasteiger partial charge < -0.3 is 14.7 Å². The first-order chi connectivity index (χ1) is 43.9. The average molecular weight is 1230 g/mol. The van der Waals surface area contributed by atoms with Crippen LogP contribution in [-0.2, 0) is 37.9 Å². The molecule has 0 fully saturated rings. The number of nitrogens with zero attached hydrogens (tertiary/aromatic N) is 3. The molecule has 0 N–H and O–H groups in total. The summed E-state index contributed by atoms with van der Waals surface area (Å²) in [5, 5.41) is 2.64. The largest absolute Gasteiger partial charge is 0.311 e. The predicted molar refractivity (Wildman–Crippen MR) is 406 cm³/mol. The van der Waals surface area contributed by atoms with E-state index in [1.54, 1.807) is 0 Å². The van der Waals surface area contributed by atoms with Gasteiger partial charge in [0.25, 0.3) is 6.71 Å². The lowest BCUT2D eigenvalue weighted by atomic mass is 9.33. The molecule has 11 aromatic rings. The van der Waals surface area contributed by atoms with Gasteiger partial charge in [-0.1, -0.05) is 227 Å². The van der Waals surface area contributed by atoms with Crippen LogP contribution in [0.2, 0.25) is 0 Å². The number of rotatable bonds is 7. The van der Waals surface area contributed by atoms with Gasteiger partial charge in [-0.2, -0.15) is 0 Å². The highest BCUT2D eigenvalue weighted by atomic mass is 32.1. The third-order valence-electron chi connectivity index (χ3n) is 22.3. The van der Waals surface area contributed by atoms with Gasteiger partial charge in [0.1, 0.15) is 0 Å². The normalized spacial score (nSPS) is 16.8. The Morgan fingerprint density at radius 3 is 1.46 bits per heavy atom. The van der Waals surface area contributed by atoms with Crippen molar-refractivity contribution in [1.82, 2.24) is 0 Å². The third-order valence-corrected chi connectivity index (χ3v) is 23.4. The van der Waals surface area contributed by atoms with E-state index < -0.39 is 0 Å². The third kappa shape index (κ3) is 10.2. The summed E-state index contributed by atoms with van der Waals surface area (Å²) >= 11 is 1.89. The molecule has 0 atom stereocenters. The van der Waals surface area contributed by atoms with Gasteiger partial charge in [-0.25, -0.2) is 0 Å². The quantitative estimate of drug-likeness (QED) is 0.147. The molecule has 93 heavy (non-hydrogen) atoms. The van der Waals surface area contributed by atoms with Crippen LogP contribution < -0.4 is 31.1 Å². The van der Waals surface area contributed by atoms with Crippen molar-refractivity contribution in [1.29, 1.82) is 0 Å². The van der Waals surface area contributed by atoms with Crippen LogP contribution in [0.25, 0.3) is 42.4 Å². The molecule has 2 aliphatic heterocycles. The molecular weight excluding hydrogens is 1140 g/mol. The van der Waals surface area contributed by atoms with Crippen molar-refractivity contribution >= 4 is 106 Å². The zero-order chi connectivity index (χ0) is 65.3. The van der Waals surface area contributed by atoms with Crippen molar-refractivity contribution < 1.29 is 0 Å². The van der Waals surface area contributed by atoms with Crippen LogP contribution in [0.1, 0.15) is 182 Å². The van der Waals surface area contributed by atoms with Gasteiger partial charge in [0.2, 0.25) is 0 Å². The maximum Gasteiger partial charge on any atom is 0.252 e. The van der Waals surface area contributed by atoms with Crippen molar-refractivity contribution in [3.8, 4) is 22.3 Å². The summed E-state index contributed by atoms with van der Waals surface area (Å²) in [6, 6.07) is 79.3.